The van der Waals surface area contributed by atoms with E-state index in [9.17, 15) is 4.39 Å². The zero-order valence-electron chi connectivity index (χ0n) is 11.2. The Morgan fingerprint density at radius 2 is 2.20 bits per heavy atom. The molecule has 0 aliphatic rings. The van der Waals surface area contributed by atoms with Crippen LogP contribution in [0.2, 0.25) is 0 Å². The predicted molar refractivity (Wildman–Crippen MR) is 82.1 cm³/mol. The van der Waals surface area contributed by atoms with Gasteiger partial charge < -0.3 is 4.57 Å². The molecule has 1 atom stereocenters. The summed E-state index contributed by atoms with van der Waals surface area (Å²) in [5, 5.41) is 4.04. The quantitative estimate of drug-likeness (QED) is 0.630. The zero-order chi connectivity index (χ0) is 14.3. The van der Waals surface area contributed by atoms with Gasteiger partial charge in [-0.15, -0.1) is 11.6 Å². The lowest BCUT2D eigenvalue weighted by atomic mass is 10.2. The SMILES string of the molecule is Cc1cscc1Cn1c(C(C)Cl)nc2cc(F)ccc21. The summed E-state index contributed by atoms with van der Waals surface area (Å²) in [6.45, 7) is 4.69. The van der Waals surface area contributed by atoms with E-state index >= 15 is 0 Å². The van der Waals surface area contributed by atoms with Crippen molar-refractivity contribution in [3.63, 3.8) is 0 Å². The van der Waals surface area contributed by atoms with Gasteiger partial charge in [0.25, 0.3) is 0 Å². The Labute approximate surface area is 125 Å². The van der Waals surface area contributed by atoms with Crippen LogP contribution >= 0.6 is 22.9 Å². The third kappa shape index (κ3) is 2.34. The van der Waals surface area contributed by atoms with Gasteiger partial charge in [-0.3, -0.25) is 0 Å². The van der Waals surface area contributed by atoms with Gasteiger partial charge in [0.2, 0.25) is 0 Å². The normalized spacial score (nSPS) is 13.0. The van der Waals surface area contributed by atoms with Crippen LogP contribution in [0, 0.1) is 12.7 Å². The molecule has 20 heavy (non-hydrogen) atoms. The highest BCUT2D eigenvalue weighted by molar-refractivity contribution is 7.08. The summed E-state index contributed by atoms with van der Waals surface area (Å²) >= 11 is 7.91. The van der Waals surface area contributed by atoms with E-state index in [2.05, 4.69) is 27.2 Å². The van der Waals surface area contributed by atoms with Crippen LogP contribution in [-0.2, 0) is 6.54 Å². The number of alkyl halides is 1. The van der Waals surface area contributed by atoms with Crippen LogP contribution in [0.4, 0.5) is 4.39 Å². The number of benzene rings is 1. The van der Waals surface area contributed by atoms with Crippen LogP contribution in [0.25, 0.3) is 11.0 Å². The van der Waals surface area contributed by atoms with E-state index in [0.29, 0.717) is 12.1 Å². The molecule has 5 heteroatoms. The van der Waals surface area contributed by atoms with Crippen LogP contribution in [0.15, 0.2) is 29.0 Å². The summed E-state index contributed by atoms with van der Waals surface area (Å²) < 4.78 is 15.4. The molecule has 3 rings (SSSR count). The second-order valence-corrected chi connectivity index (χ2v) is 6.28. The Morgan fingerprint density at radius 1 is 1.40 bits per heavy atom. The summed E-state index contributed by atoms with van der Waals surface area (Å²) in [5.74, 6) is 0.500. The zero-order valence-corrected chi connectivity index (χ0v) is 12.8. The maximum absolute atomic E-state index is 13.3. The Morgan fingerprint density at radius 3 is 2.85 bits per heavy atom. The Hall–Kier alpha value is -1.39. The average molecular weight is 309 g/mol. The first kappa shape index (κ1) is 13.6. The maximum Gasteiger partial charge on any atom is 0.128 e. The lowest BCUT2D eigenvalue weighted by Crippen LogP contribution is -2.05. The molecular weight excluding hydrogens is 295 g/mol. The lowest BCUT2D eigenvalue weighted by Gasteiger charge is -2.10. The molecule has 0 fully saturated rings. The van der Waals surface area contributed by atoms with Crippen LogP contribution in [0.1, 0.15) is 29.3 Å². The number of rotatable bonds is 3. The fourth-order valence-corrected chi connectivity index (χ4v) is 3.33. The van der Waals surface area contributed by atoms with E-state index in [0.717, 1.165) is 11.3 Å². The number of hydrogen-bond acceptors (Lipinski definition) is 2. The summed E-state index contributed by atoms with van der Waals surface area (Å²) in [7, 11) is 0. The number of aromatic nitrogens is 2. The molecule has 0 saturated heterocycles. The molecule has 1 aromatic carbocycles. The van der Waals surface area contributed by atoms with E-state index in [1.165, 1.54) is 23.3 Å². The highest BCUT2D eigenvalue weighted by Gasteiger charge is 2.16. The Balaban J connectivity index is 2.16. The minimum absolute atomic E-state index is 0.218. The van der Waals surface area contributed by atoms with Crippen LogP contribution in [-0.4, -0.2) is 9.55 Å². The Bertz CT molecular complexity index is 760. The average Bonchev–Trinajstić information content (AvgIpc) is 2.95. The van der Waals surface area contributed by atoms with Crippen molar-refractivity contribution in [1.29, 1.82) is 0 Å². The molecule has 0 bridgehead atoms. The minimum Gasteiger partial charge on any atom is -0.322 e. The van der Waals surface area contributed by atoms with E-state index in [1.54, 1.807) is 17.4 Å². The van der Waals surface area contributed by atoms with Crippen molar-refractivity contribution in [2.24, 2.45) is 0 Å². The summed E-state index contributed by atoms with van der Waals surface area (Å²) in [5.41, 5.74) is 4.07. The van der Waals surface area contributed by atoms with Crippen molar-refractivity contribution < 1.29 is 4.39 Å². The maximum atomic E-state index is 13.3. The van der Waals surface area contributed by atoms with Crippen LogP contribution in [0.3, 0.4) is 0 Å². The number of fused-ring (bicyclic) bond motifs is 1. The highest BCUT2D eigenvalue weighted by atomic mass is 35.5. The van der Waals surface area contributed by atoms with E-state index in [1.807, 2.05) is 6.92 Å². The van der Waals surface area contributed by atoms with Gasteiger partial charge in [-0.2, -0.15) is 11.3 Å². The fourth-order valence-electron chi connectivity index (χ4n) is 2.31. The topological polar surface area (TPSA) is 17.8 Å². The summed E-state index contributed by atoms with van der Waals surface area (Å²) in [6, 6.07) is 4.68. The minimum atomic E-state index is -0.275. The van der Waals surface area contributed by atoms with Gasteiger partial charge in [-0.1, -0.05) is 0 Å². The Kier molecular flexibility index (Phi) is 3.52. The van der Waals surface area contributed by atoms with Gasteiger partial charge in [0.15, 0.2) is 0 Å². The molecule has 2 aromatic heterocycles. The smallest absolute Gasteiger partial charge is 0.128 e. The van der Waals surface area contributed by atoms with Crippen molar-refractivity contribution >= 4 is 34.0 Å². The molecule has 2 nitrogen and oxygen atoms in total. The number of imidazole rings is 1. The molecular formula is C15H14ClFN2S. The van der Waals surface area contributed by atoms with Crippen molar-refractivity contribution in [3.8, 4) is 0 Å². The molecule has 0 aliphatic carbocycles. The molecule has 3 aromatic rings. The number of halogens is 2. The van der Waals surface area contributed by atoms with Crippen molar-refractivity contribution in [2.75, 3.05) is 0 Å². The van der Waals surface area contributed by atoms with Gasteiger partial charge >= 0.3 is 0 Å². The summed E-state index contributed by atoms with van der Waals surface area (Å²) in [6.07, 6.45) is 0. The molecule has 0 aliphatic heterocycles. The molecule has 2 heterocycles. The second-order valence-electron chi connectivity index (χ2n) is 4.89. The van der Waals surface area contributed by atoms with E-state index in [-0.39, 0.29) is 11.2 Å². The number of hydrogen-bond donors (Lipinski definition) is 0. The molecule has 0 amide bonds. The van der Waals surface area contributed by atoms with Gasteiger partial charge in [0, 0.05) is 6.07 Å². The van der Waals surface area contributed by atoms with Gasteiger partial charge in [-0.05, 0) is 47.9 Å². The first-order valence-electron chi connectivity index (χ1n) is 6.37. The van der Waals surface area contributed by atoms with E-state index in [4.69, 9.17) is 11.6 Å². The van der Waals surface area contributed by atoms with Crippen molar-refractivity contribution in [2.45, 2.75) is 25.8 Å². The molecule has 1 unspecified atom stereocenters. The first-order valence-corrected chi connectivity index (χ1v) is 7.75. The van der Waals surface area contributed by atoms with Gasteiger partial charge in [0.1, 0.15) is 11.6 Å². The standard InChI is InChI=1S/C15H14ClFN2S/c1-9-7-20-8-11(9)6-19-14-4-3-12(17)5-13(14)18-15(19)10(2)16/h3-5,7-8,10H,6H2,1-2H3. The first-order chi connectivity index (χ1) is 9.56. The largest absolute Gasteiger partial charge is 0.322 e. The van der Waals surface area contributed by atoms with E-state index < -0.39 is 0 Å². The molecule has 0 N–H and O–H groups in total. The third-order valence-corrected chi connectivity index (χ3v) is 4.49. The van der Waals surface area contributed by atoms with Gasteiger partial charge in [0.05, 0.1) is 23.0 Å². The van der Waals surface area contributed by atoms with Gasteiger partial charge in [-0.25, -0.2) is 9.37 Å². The van der Waals surface area contributed by atoms with Crippen molar-refractivity contribution in [1.82, 2.24) is 9.55 Å². The molecule has 0 spiro atoms. The monoisotopic (exact) mass is 308 g/mol. The number of aryl methyl sites for hydroxylation is 1. The predicted octanol–water partition coefficient (Wildman–Crippen LogP) is 4.89. The fraction of sp³-hybridized carbons (Fsp3) is 0.267. The second kappa shape index (κ2) is 5.19. The highest BCUT2D eigenvalue weighted by Crippen LogP contribution is 2.27. The number of nitrogens with zero attached hydrogens (tertiary/aromatic N) is 2. The lowest BCUT2D eigenvalue weighted by molar-refractivity contribution is 0.629. The molecule has 104 valence electrons. The van der Waals surface area contributed by atoms with Crippen molar-refractivity contribution in [3.05, 3.63) is 51.7 Å². The number of thiophene rings is 1. The third-order valence-electron chi connectivity index (χ3n) is 3.39. The summed E-state index contributed by atoms with van der Waals surface area (Å²) in [4.78, 5) is 4.48. The van der Waals surface area contributed by atoms with Crippen LogP contribution in [0.5, 0.6) is 0 Å². The molecule has 0 saturated carbocycles. The van der Waals surface area contributed by atoms with Crippen LogP contribution < -0.4 is 0 Å². The molecule has 0 radical (unpaired) electrons.